The van der Waals surface area contributed by atoms with Crippen LogP contribution < -0.4 is 10.2 Å². The third kappa shape index (κ3) is 3.67. The van der Waals surface area contributed by atoms with E-state index in [1.807, 2.05) is 19.1 Å². The number of carbonyl (C=O) groups excluding carboxylic acids is 4. The van der Waals surface area contributed by atoms with Crippen LogP contribution >= 0.6 is 23.2 Å². The van der Waals surface area contributed by atoms with Crippen LogP contribution in [0.2, 0.25) is 0 Å². The summed E-state index contributed by atoms with van der Waals surface area (Å²) >= 11 is 12.8. The number of alkyl halides is 2. The molecular weight excluding hydrogens is 479 g/mol. The van der Waals surface area contributed by atoms with E-state index in [1.54, 1.807) is 12.1 Å². The second-order valence-electron chi connectivity index (χ2n) is 9.00. The number of nitrogens with zero attached hydrogens (tertiary/aromatic N) is 1. The molecule has 0 radical (unpaired) electrons. The molecule has 5 rings (SSSR count). The first-order chi connectivity index (χ1) is 16.3. The second-order valence-corrected chi connectivity index (χ2v) is 10.0. The van der Waals surface area contributed by atoms with Crippen LogP contribution in [-0.4, -0.2) is 41.1 Å². The van der Waals surface area contributed by atoms with E-state index in [-0.39, 0.29) is 40.0 Å². The largest absolute Gasteiger partial charge is 0.452 e. The number of hydrogen-bond donors (Lipinski definition) is 1. The van der Waals surface area contributed by atoms with E-state index in [2.05, 4.69) is 5.32 Å². The molecular formula is C25H22Cl2N2O5. The number of para-hydroxylation sites is 1. The lowest BCUT2D eigenvalue weighted by atomic mass is 9.80. The van der Waals surface area contributed by atoms with Crippen LogP contribution in [0.1, 0.15) is 22.3 Å². The van der Waals surface area contributed by atoms with Crippen LogP contribution in [0.15, 0.2) is 48.5 Å². The molecule has 3 fully saturated rings. The number of anilines is 2. The van der Waals surface area contributed by atoms with Gasteiger partial charge in [0.25, 0.3) is 5.91 Å². The number of esters is 1. The number of imide groups is 1. The van der Waals surface area contributed by atoms with Gasteiger partial charge < -0.3 is 10.1 Å². The molecule has 3 amide bonds. The predicted molar refractivity (Wildman–Crippen MR) is 127 cm³/mol. The standard InChI is InChI=1S/C25H22Cl2N2O5/c1-12-4-2-3-5-17(12)28-18(30)11-34-25(33)13-6-8-14(9-7-13)29-23(31)19-15-10-16(20(19)24(29)32)22(27)21(15)26/h2-9,15-16,19-22H,10-11H2,1H3,(H,28,30)/t15-,16-,19-,20+,21-,22+/m1/s1. The summed E-state index contributed by atoms with van der Waals surface area (Å²) in [6, 6.07) is 13.3. The number of hydrogen-bond acceptors (Lipinski definition) is 5. The first kappa shape index (κ1) is 22.9. The SMILES string of the molecule is Cc1ccccc1NC(=O)COC(=O)c1ccc(N2C(=O)[C@@H]3[C@H]4C[C@@H]([C@H](Cl)[C@@H]4Cl)[C@@H]3C2=O)cc1. The van der Waals surface area contributed by atoms with Gasteiger partial charge in [-0.15, -0.1) is 23.2 Å². The van der Waals surface area contributed by atoms with Crippen molar-refractivity contribution in [2.24, 2.45) is 23.7 Å². The molecule has 34 heavy (non-hydrogen) atoms. The monoisotopic (exact) mass is 500 g/mol. The molecule has 3 aliphatic rings. The predicted octanol–water partition coefficient (Wildman–Crippen LogP) is 3.76. The Labute approximate surface area is 206 Å². The number of halogens is 2. The van der Waals surface area contributed by atoms with Crippen LogP contribution in [0.5, 0.6) is 0 Å². The highest BCUT2D eigenvalue weighted by atomic mass is 35.5. The number of ether oxygens (including phenoxy) is 1. The van der Waals surface area contributed by atoms with Gasteiger partial charge in [0.05, 0.1) is 33.8 Å². The highest BCUT2D eigenvalue weighted by Crippen LogP contribution is 2.59. The minimum Gasteiger partial charge on any atom is -0.452 e. The van der Waals surface area contributed by atoms with Gasteiger partial charge in [-0.3, -0.25) is 19.3 Å². The summed E-state index contributed by atoms with van der Waals surface area (Å²) in [5.74, 6) is -2.74. The summed E-state index contributed by atoms with van der Waals surface area (Å²) in [5, 5.41) is 2.06. The van der Waals surface area contributed by atoms with E-state index in [9.17, 15) is 19.2 Å². The fourth-order valence-corrected chi connectivity index (χ4v) is 6.36. The highest BCUT2D eigenvalue weighted by molar-refractivity contribution is 6.32. The van der Waals surface area contributed by atoms with Crippen molar-refractivity contribution in [3.8, 4) is 0 Å². The summed E-state index contributed by atoms with van der Waals surface area (Å²) < 4.78 is 5.10. The Morgan fingerprint density at radius 2 is 1.56 bits per heavy atom. The molecule has 6 atom stereocenters. The Morgan fingerprint density at radius 3 is 2.15 bits per heavy atom. The summed E-state index contributed by atoms with van der Waals surface area (Å²) in [4.78, 5) is 51.8. The summed E-state index contributed by atoms with van der Waals surface area (Å²) in [6.07, 6.45) is 0.700. The van der Waals surface area contributed by atoms with Crippen LogP contribution in [0.3, 0.4) is 0 Å². The Morgan fingerprint density at radius 1 is 0.971 bits per heavy atom. The zero-order valence-corrected chi connectivity index (χ0v) is 19.8. The summed E-state index contributed by atoms with van der Waals surface area (Å²) in [5.41, 5.74) is 2.12. The third-order valence-corrected chi connectivity index (χ3v) is 8.42. The van der Waals surface area contributed by atoms with Gasteiger partial charge in [-0.25, -0.2) is 4.79 Å². The lowest BCUT2D eigenvalue weighted by molar-refractivity contribution is -0.123. The molecule has 0 aromatic heterocycles. The minimum atomic E-state index is -0.685. The van der Waals surface area contributed by atoms with E-state index in [0.29, 0.717) is 17.8 Å². The van der Waals surface area contributed by atoms with E-state index < -0.39 is 30.3 Å². The zero-order valence-electron chi connectivity index (χ0n) is 18.2. The normalized spacial score (nSPS) is 29.3. The molecule has 176 valence electrons. The Kier molecular flexibility index (Phi) is 5.86. The van der Waals surface area contributed by atoms with E-state index in [0.717, 1.165) is 5.56 Å². The smallest absolute Gasteiger partial charge is 0.338 e. The minimum absolute atomic E-state index is 0.0966. The van der Waals surface area contributed by atoms with E-state index in [4.69, 9.17) is 27.9 Å². The fraction of sp³-hybridized carbons (Fsp3) is 0.360. The number of carbonyl (C=O) groups is 4. The molecule has 0 unspecified atom stereocenters. The number of nitrogens with one attached hydrogen (secondary N) is 1. The van der Waals surface area contributed by atoms with Gasteiger partial charge in [0.1, 0.15) is 0 Å². The van der Waals surface area contributed by atoms with Gasteiger partial charge in [0, 0.05) is 5.69 Å². The van der Waals surface area contributed by atoms with Gasteiger partial charge in [-0.1, -0.05) is 18.2 Å². The molecule has 2 aromatic rings. The lowest BCUT2D eigenvalue weighted by Crippen LogP contribution is -2.37. The van der Waals surface area contributed by atoms with Gasteiger partial charge in [-0.05, 0) is 61.1 Å². The third-order valence-electron chi connectivity index (χ3n) is 7.10. The lowest BCUT2D eigenvalue weighted by Gasteiger charge is -2.28. The number of rotatable bonds is 5. The van der Waals surface area contributed by atoms with Crippen LogP contribution in [0.25, 0.3) is 0 Å². The second kappa shape index (κ2) is 8.71. The van der Waals surface area contributed by atoms with E-state index in [1.165, 1.54) is 29.2 Å². The average Bonchev–Trinajstić information content (AvgIpc) is 3.44. The molecule has 1 aliphatic heterocycles. The van der Waals surface area contributed by atoms with Crippen molar-refractivity contribution in [2.75, 3.05) is 16.8 Å². The highest BCUT2D eigenvalue weighted by Gasteiger charge is 2.66. The molecule has 0 spiro atoms. The maximum absolute atomic E-state index is 13.1. The summed E-state index contributed by atoms with van der Waals surface area (Å²) in [6.45, 7) is 1.42. The van der Waals surface area contributed by atoms with Crippen molar-refractivity contribution in [3.63, 3.8) is 0 Å². The van der Waals surface area contributed by atoms with Crippen molar-refractivity contribution >= 4 is 58.3 Å². The van der Waals surface area contributed by atoms with Gasteiger partial charge in [0.2, 0.25) is 11.8 Å². The summed E-state index contributed by atoms with van der Waals surface area (Å²) in [7, 11) is 0. The van der Waals surface area contributed by atoms with Gasteiger partial charge in [0.15, 0.2) is 6.61 Å². The molecule has 1 N–H and O–H groups in total. The number of aryl methyl sites for hydroxylation is 1. The van der Waals surface area contributed by atoms with Crippen molar-refractivity contribution in [1.29, 1.82) is 0 Å². The van der Waals surface area contributed by atoms with Crippen LogP contribution in [0.4, 0.5) is 11.4 Å². The van der Waals surface area contributed by atoms with Crippen molar-refractivity contribution in [1.82, 2.24) is 0 Å². The first-order valence-electron chi connectivity index (χ1n) is 11.1. The van der Waals surface area contributed by atoms with E-state index >= 15 is 0 Å². The molecule has 2 aliphatic carbocycles. The maximum atomic E-state index is 13.1. The molecule has 7 nitrogen and oxygen atoms in total. The Balaban J connectivity index is 1.22. The number of benzene rings is 2. The topological polar surface area (TPSA) is 92.8 Å². The average molecular weight is 501 g/mol. The molecule has 2 bridgehead atoms. The number of fused-ring (bicyclic) bond motifs is 5. The van der Waals surface area contributed by atoms with Crippen molar-refractivity contribution in [3.05, 3.63) is 59.7 Å². The number of amides is 3. The quantitative estimate of drug-likeness (QED) is 0.383. The van der Waals surface area contributed by atoms with Crippen LogP contribution in [0, 0.1) is 30.6 Å². The fourth-order valence-electron chi connectivity index (χ4n) is 5.46. The Hall–Kier alpha value is -2.90. The van der Waals surface area contributed by atoms with Crippen molar-refractivity contribution < 1.29 is 23.9 Å². The molecule has 1 heterocycles. The Bertz CT molecular complexity index is 1150. The molecule has 9 heteroatoms. The van der Waals surface area contributed by atoms with Gasteiger partial charge >= 0.3 is 5.97 Å². The van der Waals surface area contributed by atoms with Crippen molar-refractivity contribution in [2.45, 2.75) is 24.1 Å². The maximum Gasteiger partial charge on any atom is 0.338 e. The van der Waals surface area contributed by atoms with Gasteiger partial charge in [-0.2, -0.15) is 0 Å². The first-order valence-corrected chi connectivity index (χ1v) is 11.9. The molecule has 2 aromatic carbocycles. The molecule has 1 saturated heterocycles. The van der Waals surface area contributed by atoms with Crippen LogP contribution in [-0.2, 0) is 19.1 Å². The molecule has 2 saturated carbocycles. The zero-order chi connectivity index (χ0) is 24.1.